The number of aromatic nitrogens is 4. The van der Waals surface area contributed by atoms with Crippen molar-refractivity contribution in [2.75, 3.05) is 37.8 Å². The summed E-state index contributed by atoms with van der Waals surface area (Å²) in [7, 11) is -16.3. The molecule has 29 heteroatoms. The van der Waals surface area contributed by atoms with E-state index in [-0.39, 0.29) is 60.2 Å². The minimum Gasteiger partial charge on any atom is -0.412 e. The molecular formula is C21H38LiN7O17P3S. The van der Waals surface area contributed by atoms with E-state index in [9.17, 15) is 53.1 Å². The number of carbonyl (C=O) groups is 2. The Morgan fingerprint density at radius 1 is 1.10 bits per heavy atom. The minimum absolute atomic E-state index is 0. The van der Waals surface area contributed by atoms with Crippen LogP contribution in [-0.4, -0.2) is 142 Å². The van der Waals surface area contributed by atoms with Crippen molar-refractivity contribution in [3.05, 3.63) is 12.7 Å². The van der Waals surface area contributed by atoms with Gasteiger partial charge in [0.15, 0.2) is 17.7 Å². The van der Waals surface area contributed by atoms with E-state index in [1.54, 1.807) is 0 Å². The predicted octanol–water partition coefficient (Wildman–Crippen LogP) is -2.87. The first kappa shape index (κ1) is 46.5. The molecular weight excluding hydrogens is 754 g/mol. The van der Waals surface area contributed by atoms with Gasteiger partial charge in [0, 0.05) is 49.5 Å². The van der Waals surface area contributed by atoms with Crippen molar-refractivity contribution >= 4 is 83.8 Å². The first-order valence-electron chi connectivity index (χ1n) is 13.7. The summed E-state index contributed by atoms with van der Waals surface area (Å²) in [5.74, 6) is -0.943. The predicted molar refractivity (Wildman–Crippen MR) is 173 cm³/mol. The van der Waals surface area contributed by atoms with Crippen LogP contribution < -0.4 is 16.4 Å². The Kier molecular flexibility index (Phi) is 17.6. The summed E-state index contributed by atoms with van der Waals surface area (Å²) in [5, 5.41) is 26.1. The maximum atomic E-state index is 12.6. The number of thiol groups is 1. The van der Waals surface area contributed by atoms with Crippen LogP contribution in [0.25, 0.3) is 11.2 Å². The van der Waals surface area contributed by atoms with Crippen LogP contribution in [0, 0.1) is 5.41 Å². The number of fused-ring (bicyclic) bond motifs is 1. The molecule has 1 saturated heterocycles. The van der Waals surface area contributed by atoms with Crippen molar-refractivity contribution in [3.8, 4) is 0 Å². The van der Waals surface area contributed by atoms with Gasteiger partial charge >= 0.3 is 23.5 Å². The summed E-state index contributed by atoms with van der Waals surface area (Å²) >= 11 is 3.95. The fourth-order valence-electron chi connectivity index (χ4n) is 4.14. The van der Waals surface area contributed by atoms with Gasteiger partial charge in [-0.3, -0.25) is 27.7 Å². The van der Waals surface area contributed by atoms with Crippen LogP contribution in [0.2, 0.25) is 0 Å². The van der Waals surface area contributed by atoms with Gasteiger partial charge in [0.2, 0.25) is 11.8 Å². The Morgan fingerprint density at radius 2 is 1.74 bits per heavy atom. The van der Waals surface area contributed by atoms with E-state index in [1.807, 2.05) is 0 Å². The van der Waals surface area contributed by atoms with E-state index in [0.29, 0.717) is 12.3 Å². The minimum atomic E-state index is -5.54. The monoisotopic (exact) mass is 792 g/mol. The Labute approximate surface area is 301 Å². The summed E-state index contributed by atoms with van der Waals surface area (Å²) in [6, 6.07) is 0. The number of aliphatic hydroxyl groups excluding tert-OH is 2. The maximum absolute atomic E-state index is 12.6. The summed E-state index contributed by atoms with van der Waals surface area (Å²) in [4.78, 5) is 74.6. The second kappa shape index (κ2) is 19.0. The molecule has 2 aromatic heterocycles. The maximum Gasteiger partial charge on any atom is 0.481 e. The van der Waals surface area contributed by atoms with E-state index in [2.05, 4.69) is 47.0 Å². The van der Waals surface area contributed by atoms with Crippen LogP contribution in [-0.2, 0) is 45.9 Å². The number of hydrogen-bond acceptors (Lipinski definition) is 17. The number of phosphoric ester groups is 3. The number of carbonyl (C=O) groups excluding carboxylic acids is 2. The normalized spacial score (nSPS) is 22.4. The number of imidazole rings is 1. The molecule has 3 heterocycles. The van der Waals surface area contributed by atoms with Crippen molar-refractivity contribution < 1.29 is 81.2 Å². The number of hydrogen-bond donors (Lipinski definition) is 10. The van der Waals surface area contributed by atoms with E-state index >= 15 is 0 Å². The SMILES string of the molecule is CC(C)(COP(=O)(O)OP(=O)(O)OC[C@H]1O[C@@H](n2cnc3c(N)ncnc32)[C@H](O)[C@@H]1OP(=O)(O)O)[C@@H](O)C(=O)NCCC(=O)NCCS.O.[Li]. The van der Waals surface area contributed by atoms with Gasteiger partial charge in [0.25, 0.3) is 0 Å². The number of nitrogen functional groups attached to an aromatic ring is 1. The number of rotatable bonds is 18. The number of nitrogens with zero attached hydrogens (tertiary/aromatic N) is 4. The van der Waals surface area contributed by atoms with Crippen LogP contribution in [0.15, 0.2) is 12.7 Å². The molecule has 12 N–H and O–H groups in total. The molecule has 7 atom stereocenters. The number of ether oxygens (including phenoxy) is 1. The van der Waals surface area contributed by atoms with E-state index in [1.165, 1.54) is 13.8 Å². The molecule has 1 radical (unpaired) electrons. The molecule has 0 spiro atoms. The van der Waals surface area contributed by atoms with Crippen molar-refractivity contribution in [2.45, 2.75) is 50.9 Å². The van der Waals surface area contributed by atoms with Gasteiger partial charge in [-0.2, -0.15) is 16.9 Å². The summed E-state index contributed by atoms with van der Waals surface area (Å²) in [6.45, 7) is 0.723. The fourth-order valence-corrected chi connectivity index (χ4v) is 7.08. The number of aliphatic hydroxyl groups is 2. The molecule has 281 valence electrons. The number of nitrogens with one attached hydrogen (secondary N) is 2. The Balaban J connectivity index is 0.00000625. The van der Waals surface area contributed by atoms with Crippen molar-refractivity contribution in [2.24, 2.45) is 5.41 Å². The van der Waals surface area contributed by atoms with E-state index < -0.39 is 78.6 Å². The summed E-state index contributed by atoms with van der Waals surface area (Å²) < 4.78 is 61.7. The van der Waals surface area contributed by atoms with E-state index in [4.69, 9.17) is 19.5 Å². The van der Waals surface area contributed by atoms with Crippen molar-refractivity contribution in [3.63, 3.8) is 0 Å². The largest absolute Gasteiger partial charge is 0.481 e. The molecule has 2 amide bonds. The molecule has 1 fully saturated rings. The van der Waals surface area contributed by atoms with Crippen LogP contribution in [0.4, 0.5) is 5.82 Å². The van der Waals surface area contributed by atoms with Gasteiger partial charge in [-0.1, -0.05) is 13.8 Å². The molecule has 24 nitrogen and oxygen atoms in total. The molecule has 1 aliphatic rings. The van der Waals surface area contributed by atoms with E-state index in [0.717, 1.165) is 17.2 Å². The van der Waals surface area contributed by atoms with Crippen molar-refractivity contribution in [1.82, 2.24) is 30.2 Å². The quantitative estimate of drug-likeness (QED) is 0.0412. The molecule has 2 aromatic rings. The topological polar surface area (TPSA) is 378 Å². The summed E-state index contributed by atoms with van der Waals surface area (Å²) in [6.07, 6.45) is -6.74. The number of amides is 2. The van der Waals surface area contributed by atoms with Crippen LogP contribution >= 0.6 is 36.1 Å². The second-order valence-electron chi connectivity index (χ2n) is 10.8. The average molecular weight is 792 g/mol. The molecule has 1 aliphatic heterocycles. The Morgan fingerprint density at radius 3 is 2.36 bits per heavy atom. The van der Waals surface area contributed by atoms with Gasteiger partial charge in [0.05, 0.1) is 19.5 Å². The third kappa shape index (κ3) is 13.1. The van der Waals surface area contributed by atoms with Gasteiger partial charge in [-0.25, -0.2) is 28.6 Å². The van der Waals surface area contributed by atoms with Crippen molar-refractivity contribution in [1.29, 1.82) is 0 Å². The number of phosphoric acid groups is 3. The molecule has 0 aliphatic carbocycles. The zero-order valence-corrected chi connectivity index (χ0v) is 30.3. The Hall–Kier alpha value is -1.55. The second-order valence-corrected chi connectivity index (χ2v) is 15.5. The Bertz CT molecular complexity index is 1600. The van der Waals surface area contributed by atoms with Crippen LogP contribution in [0.1, 0.15) is 26.5 Å². The molecule has 0 saturated carbocycles. The molecule has 50 heavy (non-hydrogen) atoms. The average Bonchev–Trinajstić information content (AvgIpc) is 3.54. The standard InChI is InChI=1S/C21H36N7O16P3S.Li.H2O/c1-21(2,16(31)19(32)24-4-3-12(29)23-5-6-48)8-41-47(38,39)44-46(36,37)40-7-11-15(43-45(33,34)35)14(30)20(42-11)28-10-27-13-17(22)25-9-26-18(13)28;;/h9-11,14-16,20,30-31,48H,3-8H2,1-2H3,(H,23,29)(H,24,32)(H,36,37)(H,38,39)(H2,22,25,26)(H2,33,34,35);;1H2/t11-,14-,15-,16+,20-;;/m1../s1. The van der Waals surface area contributed by atoms with Crippen LogP contribution in [0.3, 0.4) is 0 Å². The summed E-state index contributed by atoms with van der Waals surface area (Å²) in [5.41, 5.74) is 4.30. The van der Waals surface area contributed by atoms with Crippen LogP contribution in [0.5, 0.6) is 0 Å². The molecule has 0 aromatic carbocycles. The first-order chi connectivity index (χ1) is 22.2. The third-order valence-electron chi connectivity index (χ3n) is 6.51. The molecule has 2 unspecified atom stereocenters. The van der Waals surface area contributed by atoms with Gasteiger partial charge < -0.3 is 56.4 Å². The number of anilines is 1. The molecule has 0 bridgehead atoms. The third-order valence-corrected chi connectivity index (χ3v) is 9.83. The zero-order chi connectivity index (χ0) is 36.1. The molecule has 3 rings (SSSR count). The van der Waals surface area contributed by atoms with Gasteiger partial charge in [0.1, 0.15) is 36.3 Å². The van der Waals surface area contributed by atoms with Gasteiger partial charge in [-0.05, 0) is 0 Å². The zero-order valence-electron chi connectivity index (χ0n) is 26.7. The van der Waals surface area contributed by atoms with Gasteiger partial charge in [-0.15, -0.1) is 0 Å². The fraction of sp³-hybridized carbons (Fsp3) is 0.667. The smallest absolute Gasteiger partial charge is 0.412 e. The number of nitrogens with two attached hydrogens (primary N) is 1. The first-order valence-corrected chi connectivity index (χ1v) is 18.8.